The van der Waals surface area contributed by atoms with Crippen molar-refractivity contribution in [2.45, 2.75) is 0 Å². The van der Waals surface area contributed by atoms with Crippen molar-refractivity contribution in [2.24, 2.45) is 0 Å². The van der Waals surface area contributed by atoms with Gasteiger partial charge in [-0.05, 0) is 36.4 Å². The van der Waals surface area contributed by atoms with Crippen molar-refractivity contribution in [1.82, 2.24) is 0 Å². The second-order valence-electron chi connectivity index (χ2n) is 4.56. The fourth-order valence-corrected chi connectivity index (χ4v) is 2.03. The van der Waals surface area contributed by atoms with Gasteiger partial charge in [0.25, 0.3) is 0 Å². The van der Waals surface area contributed by atoms with E-state index in [1.54, 1.807) is 42.5 Å². The number of esters is 2. The normalized spacial score (nSPS) is 10.4. The molecular weight excluding hydrogens is 284 g/mol. The first kappa shape index (κ1) is 13.9. The molecule has 0 fully saturated rings. The first-order valence-corrected chi connectivity index (χ1v) is 6.56. The Labute approximate surface area is 126 Å². The van der Waals surface area contributed by atoms with E-state index in [2.05, 4.69) is 4.74 Å². The Balaban J connectivity index is 1.88. The summed E-state index contributed by atoms with van der Waals surface area (Å²) in [7, 11) is 1.31. The van der Waals surface area contributed by atoms with Gasteiger partial charge in [0, 0.05) is 5.39 Å². The van der Waals surface area contributed by atoms with Crippen LogP contribution in [-0.2, 0) is 4.74 Å². The summed E-state index contributed by atoms with van der Waals surface area (Å²) in [5, 5.41) is 0.628. The lowest BCUT2D eigenvalue weighted by atomic mass is 10.1. The van der Waals surface area contributed by atoms with Gasteiger partial charge in [0.2, 0.25) is 5.76 Å². The molecule has 0 radical (unpaired) electrons. The molecule has 0 unspecified atom stereocenters. The van der Waals surface area contributed by atoms with Gasteiger partial charge in [0.05, 0.1) is 12.7 Å². The number of fused-ring (bicyclic) bond motifs is 1. The summed E-state index contributed by atoms with van der Waals surface area (Å²) in [6.45, 7) is 0. The van der Waals surface area contributed by atoms with Gasteiger partial charge in [0.15, 0.2) is 0 Å². The summed E-state index contributed by atoms with van der Waals surface area (Å²) >= 11 is 0. The monoisotopic (exact) mass is 296 g/mol. The van der Waals surface area contributed by atoms with Gasteiger partial charge >= 0.3 is 11.9 Å². The highest BCUT2D eigenvalue weighted by molar-refractivity contribution is 5.97. The zero-order valence-corrected chi connectivity index (χ0v) is 11.7. The van der Waals surface area contributed by atoms with Crippen LogP contribution in [0.3, 0.4) is 0 Å². The van der Waals surface area contributed by atoms with Gasteiger partial charge in [-0.3, -0.25) is 0 Å². The van der Waals surface area contributed by atoms with Gasteiger partial charge in [-0.1, -0.05) is 18.2 Å². The zero-order chi connectivity index (χ0) is 15.5. The molecular formula is C17H12O5. The molecule has 0 amide bonds. The Morgan fingerprint density at radius 2 is 1.73 bits per heavy atom. The fraction of sp³-hybridized carbons (Fsp3) is 0.0588. The minimum absolute atomic E-state index is 0.0702. The minimum Gasteiger partial charge on any atom is -0.465 e. The van der Waals surface area contributed by atoms with Crippen LogP contribution in [-0.4, -0.2) is 19.0 Å². The summed E-state index contributed by atoms with van der Waals surface area (Å²) in [5.74, 6) is -0.539. The maximum Gasteiger partial charge on any atom is 0.379 e. The number of hydrogen-bond acceptors (Lipinski definition) is 5. The summed E-state index contributed by atoms with van der Waals surface area (Å²) in [4.78, 5) is 23.5. The standard InChI is InChI=1S/C17H12O5/c1-20-16(18)11-7-8-14-12(9-11)10-15(22-14)17(19)21-13-5-3-2-4-6-13/h2-10H,1H3. The maximum atomic E-state index is 12.1. The minimum atomic E-state index is -0.595. The molecule has 0 spiro atoms. The average molecular weight is 296 g/mol. The number of methoxy groups -OCH3 is 1. The third-order valence-electron chi connectivity index (χ3n) is 3.09. The van der Waals surface area contributed by atoms with Crippen LogP contribution in [0.4, 0.5) is 0 Å². The van der Waals surface area contributed by atoms with Crippen LogP contribution in [0.25, 0.3) is 11.0 Å². The predicted molar refractivity (Wildman–Crippen MR) is 79.0 cm³/mol. The van der Waals surface area contributed by atoms with Gasteiger partial charge in [-0.25, -0.2) is 9.59 Å². The van der Waals surface area contributed by atoms with E-state index in [0.29, 0.717) is 22.3 Å². The van der Waals surface area contributed by atoms with E-state index in [-0.39, 0.29) is 5.76 Å². The molecule has 0 atom stereocenters. The number of benzene rings is 2. The Bertz CT molecular complexity index is 833. The molecule has 0 aliphatic rings. The van der Waals surface area contributed by atoms with Crippen molar-refractivity contribution >= 4 is 22.9 Å². The first-order chi connectivity index (χ1) is 10.7. The van der Waals surface area contributed by atoms with Crippen molar-refractivity contribution in [1.29, 1.82) is 0 Å². The van der Waals surface area contributed by atoms with E-state index in [1.165, 1.54) is 13.2 Å². The van der Waals surface area contributed by atoms with Crippen LogP contribution in [0, 0.1) is 0 Å². The summed E-state index contributed by atoms with van der Waals surface area (Å²) in [6, 6.07) is 15.0. The van der Waals surface area contributed by atoms with Gasteiger partial charge < -0.3 is 13.9 Å². The van der Waals surface area contributed by atoms with Gasteiger partial charge in [0.1, 0.15) is 11.3 Å². The Hall–Kier alpha value is -3.08. The van der Waals surface area contributed by atoms with Gasteiger partial charge in [-0.2, -0.15) is 0 Å². The third kappa shape index (κ3) is 2.69. The molecule has 1 heterocycles. The fourth-order valence-electron chi connectivity index (χ4n) is 2.03. The quantitative estimate of drug-likeness (QED) is 0.547. The molecule has 5 nitrogen and oxygen atoms in total. The number of para-hydroxylation sites is 1. The lowest BCUT2D eigenvalue weighted by Crippen LogP contribution is -2.06. The predicted octanol–water partition coefficient (Wildman–Crippen LogP) is 3.44. The number of carbonyl (C=O) groups is 2. The number of ether oxygens (including phenoxy) is 2. The smallest absolute Gasteiger partial charge is 0.379 e. The second kappa shape index (κ2) is 5.73. The number of rotatable bonds is 3. The summed E-state index contributed by atoms with van der Waals surface area (Å²) in [5.41, 5.74) is 0.881. The van der Waals surface area contributed by atoms with Crippen LogP contribution in [0.5, 0.6) is 5.75 Å². The molecule has 1 aromatic heterocycles. The largest absolute Gasteiger partial charge is 0.465 e. The Morgan fingerprint density at radius 3 is 2.45 bits per heavy atom. The van der Waals surface area contributed by atoms with Crippen LogP contribution in [0.2, 0.25) is 0 Å². The summed E-state index contributed by atoms with van der Waals surface area (Å²) in [6.07, 6.45) is 0. The van der Waals surface area contributed by atoms with Crippen molar-refractivity contribution in [2.75, 3.05) is 7.11 Å². The molecule has 0 N–H and O–H groups in total. The van der Waals surface area contributed by atoms with E-state index >= 15 is 0 Å². The molecule has 0 bridgehead atoms. The number of hydrogen-bond donors (Lipinski definition) is 0. The molecule has 0 aliphatic heterocycles. The van der Waals surface area contributed by atoms with E-state index in [9.17, 15) is 9.59 Å². The van der Waals surface area contributed by atoms with E-state index in [1.807, 2.05) is 6.07 Å². The number of carbonyl (C=O) groups excluding carboxylic acids is 2. The van der Waals surface area contributed by atoms with Crippen LogP contribution >= 0.6 is 0 Å². The van der Waals surface area contributed by atoms with Crippen LogP contribution in [0.1, 0.15) is 20.9 Å². The highest BCUT2D eigenvalue weighted by atomic mass is 16.5. The molecule has 0 saturated heterocycles. The molecule has 3 aromatic rings. The van der Waals surface area contributed by atoms with Gasteiger partial charge in [-0.15, -0.1) is 0 Å². The highest BCUT2D eigenvalue weighted by Gasteiger charge is 2.16. The first-order valence-electron chi connectivity index (χ1n) is 6.56. The molecule has 0 aliphatic carbocycles. The molecule has 5 heteroatoms. The SMILES string of the molecule is COC(=O)c1ccc2oc(C(=O)Oc3ccccc3)cc2c1. The lowest BCUT2D eigenvalue weighted by Gasteiger charge is -2.00. The zero-order valence-electron chi connectivity index (χ0n) is 11.7. The van der Waals surface area contributed by atoms with E-state index in [4.69, 9.17) is 9.15 Å². The van der Waals surface area contributed by atoms with Crippen molar-refractivity contribution in [3.05, 3.63) is 65.9 Å². The van der Waals surface area contributed by atoms with Crippen molar-refractivity contribution in [3.63, 3.8) is 0 Å². The molecule has 0 saturated carbocycles. The van der Waals surface area contributed by atoms with Crippen molar-refractivity contribution < 1.29 is 23.5 Å². The average Bonchev–Trinajstić information content (AvgIpc) is 2.98. The Kier molecular flexibility index (Phi) is 3.62. The van der Waals surface area contributed by atoms with E-state index in [0.717, 1.165) is 0 Å². The van der Waals surface area contributed by atoms with Crippen LogP contribution < -0.4 is 4.74 Å². The van der Waals surface area contributed by atoms with Crippen molar-refractivity contribution in [3.8, 4) is 5.75 Å². The molecule has 110 valence electrons. The van der Waals surface area contributed by atoms with Crippen LogP contribution in [0.15, 0.2) is 59.0 Å². The summed E-state index contributed by atoms with van der Waals surface area (Å²) < 4.78 is 15.3. The third-order valence-corrected chi connectivity index (χ3v) is 3.09. The number of furan rings is 1. The molecule has 22 heavy (non-hydrogen) atoms. The molecule has 2 aromatic carbocycles. The lowest BCUT2D eigenvalue weighted by molar-refractivity contribution is 0.0600. The maximum absolute atomic E-state index is 12.1. The topological polar surface area (TPSA) is 65.7 Å². The Morgan fingerprint density at radius 1 is 0.955 bits per heavy atom. The second-order valence-corrected chi connectivity index (χ2v) is 4.56. The highest BCUT2D eigenvalue weighted by Crippen LogP contribution is 2.22. The van der Waals surface area contributed by atoms with E-state index < -0.39 is 11.9 Å². The molecule has 3 rings (SSSR count).